The second kappa shape index (κ2) is 6.40. The smallest absolute Gasteiger partial charge is 0.320 e. The monoisotopic (exact) mass is 308 g/mol. The van der Waals surface area contributed by atoms with Crippen LogP contribution < -0.4 is 0 Å². The first-order valence-corrected chi connectivity index (χ1v) is 6.51. The molecule has 0 aliphatic heterocycles. The lowest BCUT2D eigenvalue weighted by molar-refractivity contribution is -0.139. The van der Waals surface area contributed by atoms with Crippen LogP contribution in [0.1, 0.15) is 0 Å². The molecule has 0 fully saturated rings. The maximum absolute atomic E-state index is 11.1. The topological polar surface area (TPSA) is 26.3 Å². The summed E-state index contributed by atoms with van der Waals surface area (Å²) in [5, 5.41) is 0.711. The van der Waals surface area contributed by atoms with E-state index in [2.05, 4.69) is 20.7 Å². The van der Waals surface area contributed by atoms with Gasteiger partial charge in [-0.25, -0.2) is 0 Å². The van der Waals surface area contributed by atoms with Crippen LogP contribution in [-0.2, 0) is 9.53 Å². The van der Waals surface area contributed by atoms with Crippen LogP contribution in [0.3, 0.4) is 0 Å². The van der Waals surface area contributed by atoms with Gasteiger partial charge in [-0.1, -0.05) is 27.5 Å². The number of carbonyl (C=O) groups excluding carboxylic acids is 1. The van der Waals surface area contributed by atoms with E-state index in [1.165, 1.54) is 7.11 Å². The van der Waals surface area contributed by atoms with Crippen molar-refractivity contribution in [1.82, 2.24) is 0 Å². The van der Waals surface area contributed by atoms with Crippen molar-refractivity contribution in [2.45, 2.75) is 9.72 Å². The third-order valence-corrected chi connectivity index (χ3v) is 4.15. The van der Waals surface area contributed by atoms with E-state index in [-0.39, 0.29) is 10.8 Å². The molecule has 5 heteroatoms. The van der Waals surface area contributed by atoms with Crippen LogP contribution in [0, 0.1) is 0 Å². The number of carbonyl (C=O) groups is 1. The van der Waals surface area contributed by atoms with E-state index in [0.29, 0.717) is 10.8 Å². The Balaban J connectivity index is 2.43. The van der Waals surface area contributed by atoms with Gasteiger partial charge in [-0.15, -0.1) is 11.8 Å². The molecule has 2 nitrogen and oxygen atoms in total. The largest absolute Gasteiger partial charge is 0.468 e. The molecule has 1 rings (SSSR count). The number of alkyl halides is 1. The Morgan fingerprint density at radius 3 is 2.67 bits per heavy atom. The van der Waals surface area contributed by atoms with Crippen LogP contribution in [0.2, 0.25) is 5.02 Å². The van der Waals surface area contributed by atoms with Crippen LogP contribution in [0.4, 0.5) is 0 Å². The molecule has 1 aromatic rings. The minimum absolute atomic E-state index is 0.253. The number of methoxy groups -OCH3 is 1. The van der Waals surface area contributed by atoms with Crippen molar-refractivity contribution in [3.8, 4) is 0 Å². The zero-order chi connectivity index (χ0) is 11.3. The van der Waals surface area contributed by atoms with Gasteiger partial charge in [0, 0.05) is 15.7 Å². The molecule has 0 spiro atoms. The quantitative estimate of drug-likeness (QED) is 0.484. The van der Waals surface area contributed by atoms with E-state index < -0.39 is 0 Å². The minimum Gasteiger partial charge on any atom is -0.468 e. The van der Waals surface area contributed by atoms with Gasteiger partial charge in [-0.3, -0.25) is 4.79 Å². The Morgan fingerprint density at radius 1 is 1.53 bits per heavy atom. The summed E-state index contributed by atoms with van der Waals surface area (Å²) in [4.78, 5) is 11.9. The molecule has 0 aliphatic rings. The van der Waals surface area contributed by atoms with Crippen LogP contribution in [0.25, 0.3) is 0 Å². The Hall–Kier alpha value is -0.190. The van der Waals surface area contributed by atoms with Gasteiger partial charge in [0.25, 0.3) is 0 Å². The van der Waals surface area contributed by atoms with E-state index in [4.69, 9.17) is 11.6 Å². The first-order chi connectivity index (χ1) is 7.13. The molecular formula is C10H10BrClO2S. The zero-order valence-corrected chi connectivity index (χ0v) is 11.2. The third kappa shape index (κ3) is 4.45. The molecular weight excluding hydrogens is 300 g/mol. The van der Waals surface area contributed by atoms with Gasteiger partial charge < -0.3 is 4.74 Å². The van der Waals surface area contributed by atoms with E-state index in [1.54, 1.807) is 11.8 Å². The fraction of sp³-hybridized carbons (Fsp3) is 0.300. The molecule has 0 bridgehead atoms. The van der Waals surface area contributed by atoms with Crippen LogP contribution >= 0.6 is 39.3 Å². The minimum atomic E-state index is -0.275. The maximum Gasteiger partial charge on any atom is 0.320 e. The molecule has 15 heavy (non-hydrogen) atoms. The highest BCUT2D eigenvalue weighted by molar-refractivity contribution is 9.10. The van der Waals surface area contributed by atoms with Crippen molar-refractivity contribution in [3.63, 3.8) is 0 Å². The van der Waals surface area contributed by atoms with E-state index in [1.807, 2.05) is 24.3 Å². The first kappa shape index (κ1) is 12.9. The van der Waals surface area contributed by atoms with Crippen LogP contribution in [-0.4, -0.2) is 23.7 Å². The summed E-state index contributed by atoms with van der Waals surface area (Å²) in [7, 11) is 1.38. The van der Waals surface area contributed by atoms with Crippen LogP contribution in [0.15, 0.2) is 29.2 Å². The van der Waals surface area contributed by atoms with E-state index in [9.17, 15) is 4.79 Å². The molecule has 82 valence electrons. The van der Waals surface area contributed by atoms with Gasteiger partial charge in [0.2, 0.25) is 0 Å². The fourth-order valence-corrected chi connectivity index (χ4v) is 2.41. The van der Waals surface area contributed by atoms with Crippen molar-refractivity contribution in [2.75, 3.05) is 12.9 Å². The lowest BCUT2D eigenvalue weighted by Gasteiger charge is -2.06. The van der Waals surface area contributed by atoms with Crippen molar-refractivity contribution in [3.05, 3.63) is 29.3 Å². The summed E-state index contributed by atoms with van der Waals surface area (Å²) in [6.45, 7) is 0. The van der Waals surface area contributed by atoms with E-state index in [0.717, 1.165) is 4.90 Å². The Bertz CT molecular complexity index is 329. The highest BCUT2D eigenvalue weighted by Crippen LogP contribution is 2.23. The van der Waals surface area contributed by atoms with Crippen molar-refractivity contribution in [2.24, 2.45) is 0 Å². The number of benzene rings is 1. The number of rotatable bonds is 4. The Kier molecular flexibility index (Phi) is 5.50. The van der Waals surface area contributed by atoms with Crippen molar-refractivity contribution < 1.29 is 9.53 Å². The van der Waals surface area contributed by atoms with Gasteiger partial charge in [0.15, 0.2) is 0 Å². The molecule has 0 radical (unpaired) electrons. The second-order valence-corrected chi connectivity index (χ2v) is 5.39. The number of esters is 1. The highest BCUT2D eigenvalue weighted by atomic mass is 79.9. The summed E-state index contributed by atoms with van der Waals surface area (Å²) < 4.78 is 4.60. The molecule has 1 atom stereocenters. The highest BCUT2D eigenvalue weighted by Gasteiger charge is 2.14. The van der Waals surface area contributed by atoms with Gasteiger partial charge in [-0.05, 0) is 24.3 Å². The number of ether oxygens (including phenoxy) is 1. The molecule has 0 saturated heterocycles. The predicted molar refractivity (Wildman–Crippen MR) is 66.9 cm³/mol. The fourth-order valence-electron chi connectivity index (χ4n) is 0.896. The van der Waals surface area contributed by atoms with Crippen LogP contribution in [0.5, 0.6) is 0 Å². The molecule has 0 saturated carbocycles. The number of halogens is 2. The second-order valence-electron chi connectivity index (χ2n) is 2.76. The Labute approximate surface area is 106 Å². The molecule has 1 unspecified atom stereocenters. The molecule has 0 amide bonds. The summed E-state index contributed by atoms with van der Waals surface area (Å²) in [5.74, 6) is 0.380. The molecule has 0 heterocycles. The number of thioether (sulfide) groups is 1. The first-order valence-electron chi connectivity index (χ1n) is 4.23. The average Bonchev–Trinajstić information content (AvgIpc) is 2.26. The molecule has 0 N–H and O–H groups in total. The lowest BCUT2D eigenvalue weighted by Crippen LogP contribution is -2.17. The van der Waals surface area contributed by atoms with Gasteiger partial charge in [0.05, 0.1) is 7.11 Å². The zero-order valence-electron chi connectivity index (χ0n) is 8.07. The SMILES string of the molecule is COC(=O)C(Br)CSc1ccc(Cl)cc1. The predicted octanol–water partition coefficient (Wildman–Crippen LogP) is 3.37. The standard InChI is InChI=1S/C10H10BrClO2S/c1-14-10(13)9(11)6-15-8-4-2-7(12)3-5-8/h2-5,9H,6H2,1H3. The lowest BCUT2D eigenvalue weighted by atomic mass is 10.4. The molecule has 0 aliphatic carbocycles. The van der Waals surface area contributed by atoms with Gasteiger partial charge in [-0.2, -0.15) is 0 Å². The normalized spacial score (nSPS) is 12.2. The number of hydrogen-bond donors (Lipinski definition) is 0. The summed E-state index contributed by atoms with van der Waals surface area (Å²) in [6.07, 6.45) is 0. The summed E-state index contributed by atoms with van der Waals surface area (Å²) in [5.41, 5.74) is 0. The number of hydrogen-bond acceptors (Lipinski definition) is 3. The van der Waals surface area contributed by atoms with Gasteiger partial charge in [0.1, 0.15) is 4.83 Å². The molecule has 0 aromatic heterocycles. The third-order valence-electron chi connectivity index (χ3n) is 1.67. The summed E-state index contributed by atoms with van der Waals surface area (Å²) >= 11 is 10.6. The van der Waals surface area contributed by atoms with Gasteiger partial charge >= 0.3 is 5.97 Å². The average molecular weight is 310 g/mol. The Morgan fingerprint density at radius 2 is 2.13 bits per heavy atom. The molecule has 1 aromatic carbocycles. The summed E-state index contributed by atoms with van der Waals surface area (Å²) in [6, 6.07) is 7.49. The maximum atomic E-state index is 11.1. The van der Waals surface area contributed by atoms with Crippen molar-refractivity contribution in [1.29, 1.82) is 0 Å². The van der Waals surface area contributed by atoms with Crippen molar-refractivity contribution >= 4 is 45.3 Å². The van der Waals surface area contributed by atoms with E-state index >= 15 is 0 Å².